The van der Waals surface area contributed by atoms with E-state index in [-0.39, 0.29) is 18.9 Å². The zero-order valence-electron chi connectivity index (χ0n) is 16.2. The van der Waals surface area contributed by atoms with E-state index in [1.165, 1.54) is 7.11 Å². The first-order valence-corrected chi connectivity index (χ1v) is 9.80. The van der Waals surface area contributed by atoms with Crippen molar-refractivity contribution >= 4 is 50.7 Å². The second-order valence-electron chi connectivity index (χ2n) is 6.15. The number of aryl methyl sites for hydroxylation is 1. The molecule has 0 aliphatic rings. The zero-order chi connectivity index (χ0) is 21.4. The lowest BCUT2D eigenvalue weighted by atomic mass is 10.2. The monoisotopic (exact) mass is 481 g/mol. The molecule has 154 valence electrons. The van der Waals surface area contributed by atoms with E-state index in [0.717, 1.165) is 10.0 Å². The van der Waals surface area contributed by atoms with Crippen molar-refractivity contribution in [1.82, 2.24) is 5.43 Å². The largest absolute Gasteiger partial charge is 0.495 e. The van der Waals surface area contributed by atoms with Gasteiger partial charge in [0.2, 0.25) is 5.91 Å². The molecule has 2 N–H and O–H groups in total. The van der Waals surface area contributed by atoms with Gasteiger partial charge in [0.05, 0.1) is 19.2 Å². The number of halogens is 2. The fraction of sp³-hybridized carbons (Fsp3) is 0.250. The normalized spacial score (nSPS) is 11.0. The molecule has 0 saturated carbocycles. The number of ether oxygens (including phenoxy) is 2. The number of amides is 2. The van der Waals surface area contributed by atoms with E-state index in [9.17, 15) is 9.59 Å². The van der Waals surface area contributed by atoms with Gasteiger partial charge in [-0.15, -0.1) is 0 Å². The Morgan fingerprint density at radius 1 is 1.17 bits per heavy atom. The number of hydrogen-bond acceptors (Lipinski definition) is 5. The van der Waals surface area contributed by atoms with E-state index in [1.807, 2.05) is 19.1 Å². The minimum absolute atomic E-state index is 0.0112. The van der Waals surface area contributed by atoms with Crippen LogP contribution in [0.2, 0.25) is 5.02 Å². The molecular formula is C20H21BrClN3O4. The highest BCUT2D eigenvalue weighted by molar-refractivity contribution is 9.10. The first kappa shape index (κ1) is 22.7. The first-order chi connectivity index (χ1) is 13.8. The highest BCUT2D eigenvalue weighted by atomic mass is 79.9. The van der Waals surface area contributed by atoms with E-state index < -0.39 is 5.91 Å². The number of rotatable bonds is 8. The van der Waals surface area contributed by atoms with E-state index in [1.54, 1.807) is 31.2 Å². The van der Waals surface area contributed by atoms with Crippen molar-refractivity contribution in [3.63, 3.8) is 0 Å². The summed E-state index contributed by atoms with van der Waals surface area (Å²) in [5.74, 6) is 0.326. The quantitative estimate of drug-likeness (QED) is 0.433. The molecule has 0 heterocycles. The maximum atomic E-state index is 12.2. The van der Waals surface area contributed by atoms with Crippen LogP contribution in [0.15, 0.2) is 46.0 Å². The number of hydrogen-bond donors (Lipinski definition) is 2. The van der Waals surface area contributed by atoms with Gasteiger partial charge in [-0.2, -0.15) is 5.10 Å². The second-order valence-corrected chi connectivity index (χ2v) is 7.44. The molecule has 0 aliphatic heterocycles. The molecule has 0 aliphatic carbocycles. The fourth-order valence-corrected chi connectivity index (χ4v) is 2.71. The van der Waals surface area contributed by atoms with Gasteiger partial charge in [0.1, 0.15) is 11.5 Å². The molecule has 0 saturated heterocycles. The van der Waals surface area contributed by atoms with Gasteiger partial charge in [0, 0.05) is 15.2 Å². The lowest BCUT2D eigenvalue weighted by Crippen LogP contribution is -2.26. The van der Waals surface area contributed by atoms with Crippen molar-refractivity contribution in [1.29, 1.82) is 0 Å². The van der Waals surface area contributed by atoms with Crippen LogP contribution < -0.4 is 20.2 Å². The molecule has 9 heteroatoms. The molecule has 0 spiro atoms. The average Bonchev–Trinajstić information content (AvgIpc) is 2.67. The lowest BCUT2D eigenvalue weighted by Gasteiger charge is -2.10. The van der Waals surface area contributed by atoms with Crippen LogP contribution in [-0.4, -0.2) is 31.2 Å². The molecular weight excluding hydrogens is 462 g/mol. The Bertz CT molecular complexity index is 934. The Morgan fingerprint density at radius 3 is 2.62 bits per heavy atom. The predicted molar refractivity (Wildman–Crippen MR) is 117 cm³/mol. The molecule has 0 atom stereocenters. The van der Waals surface area contributed by atoms with Gasteiger partial charge in [-0.3, -0.25) is 9.59 Å². The predicted octanol–water partition coefficient (Wildman–Crippen LogP) is 4.32. The van der Waals surface area contributed by atoms with Crippen LogP contribution in [0.5, 0.6) is 11.5 Å². The molecule has 29 heavy (non-hydrogen) atoms. The molecule has 0 aromatic heterocycles. The summed E-state index contributed by atoms with van der Waals surface area (Å²) in [6.45, 7) is 3.37. The highest BCUT2D eigenvalue weighted by Crippen LogP contribution is 2.27. The van der Waals surface area contributed by atoms with Crippen LogP contribution in [0, 0.1) is 6.92 Å². The van der Waals surface area contributed by atoms with Crippen molar-refractivity contribution in [2.45, 2.75) is 20.3 Å². The summed E-state index contributed by atoms with van der Waals surface area (Å²) in [5, 5.41) is 7.10. The molecule has 7 nitrogen and oxygen atoms in total. The van der Waals surface area contributed by atoms with Gasteiger partial charge < -0.3 is 14.8 Å². The maximum absolute atomic E-state index is 12.2. The van der Waals surface area contributed by atoms with Crippen molar-refractivity contribution in [3.8, 4) is 11.5 Å². The van der Waals surface area contributed by atoms with E-state index in [4.69, 9.17) is 21.1 Å². The Labute approximate surface area is 182 Å². The zero-order valence-corrected chi connectivity index (χ0v) is 18.6. The number of benzene rings is 2. The topological polar surface area (TPSA) is 89.0 Å². The fourth-order valence-electron chi connectivity index (χ4n) is 2.29. The molecule has 0 fully saturated rings. The van der Waals surface area contributed by atoms with Crippen LogP contribution in [0.25, 0.3) is 0 Å². The van der Waals surface area contributed by atoms with E-state index in [0.29, 0.717) is 27.9 Å². The number of nitrogens with zero attached hydrogens (tertiary/aromatic N) is 1. The summed E-state index contributed by atoms with van der Waals surface area (Å²) in [4.78, 5) is 24.1. The summed E-state index contributed by atoms with van der Waals surface area (Å²) in [7, 11) is 1.50. The van der Waals surface area contributed by atoms with Gasteiger partial charge in [-0.05, 0) is 55.8 Å². The van der Waals surface area contributed by atoms with Crippen LogP contribution in [0.1, 0.15) is 18.9 Å². The third-order valence-electron chi connectivity index (χ3n) is 3.72. The molecule has 0 unspecified atom stereocenters. The van der Waals surface area contributed by atoms with Crippen molar-refractivity contribution in [2.75, 3.05) is 19.0 Å². The van der Waals surface area contributed by atoms with Gasteiger partial charge >= 0.3 is 0 Å². The molecule has 0 bridgehead atoms. The summed E-state index contributed by atoms with van der Waals surface area (Å²) in [6, 6.07) is 10.3. The van der Waals surface area contributed by atoms with Crippen molar-refractivity contribution in [2.24, 2.45) is 5.10 Å². The van der Waals surface area contributed by atoms with Crippen LogP contribution in [-0.2, 0) is 9.59 Å². The number of carbonyl (C=O) groups excluding carboxylic acids is 2. The summed E-state index contributed by atoms with van der Waals surface area (Å²) in [5.41, 5.74) is 4.25. The minimum atomic E-state index is -0.429. The van der Waals surface area contributed by atoms with Crippen LogP contribution in [0.4, 0.5) is 5.69 Å². The minimum Gasteiger partial charge on any atom is -0.495 e. The van der Waals surface area contributed by atoms with Crippen molar-refractivity contribution < 1.29 is 19.1 Å². The Morgan fingerprint density at radius 2 is 1.93 bits per heavy atom. The van der Waals surface area contributed by atoms with Gasteiger partial charge in [0.25, 0.3) is 5.91 Å². The van der Waals surface area contributed by atoms with Crippen LogP contribution in [0.3, 0.4) is 0 Å². The number of carbonyl (C=O) groups is 2. The number of methoxy groups -OCH3 is 1. The van der Waals surface area contributed by atoms with Gasteiger partial charge in [0.15, 0.2) is 6.61 Å². The Kier molecular flexibility index (Phi) is 8.48. The summed E-state index contributed by atoms with van der Waals surface area (Å²) in [6.07, 6.45) is -0.0112. The van der Waals surface area contributed by atoms with Crippen molar-refractivity contribution in [3.05, 3.63) is 51.5 Å². The molecule has 0 radical (unpaired) electrons. The Hall–Kier alpha value is -2.58. The van der Waals surface area contributed by atoms with E-state index in [2.05, 4.69) is 31.8 Å². The average molecular weight is 483 g/mol. The Balaban J connectivity index is 1.83. The smallest absolute Gasteiger partial charge is 0.277 e. The lowest BCUT2D eigenvalue weighted by molar-refractivity contribution is -0.123. The van der Waals surface area contributed by atoms with Crippen LogP contribution >= 0.6 is 27.5 Å². The molecule has 2 amide bonds. The number of nitrogens with one attached hydrogen (secondary N) is 2. The van der Waals surface area contributed by atoms with E-state index >= 15 is 0 Å². The standard InChI is InChI=1S/C20H21BrClN3O4/c1-12-8-15(5-6-16(12)21)29-11-20(27)25-24-13(2)9-19(26)23-17-10-14(22)4-7-18(17)28-3/h4-8,10H,9,11H2,1-3H3,(H,23,26)(H,25,27)/b24-13-. The first-order valence-electron chi connectivity index (χ1n) is 8.63. The third-order valence-corrected chi connectivity index (χ3v) is 4.85. The summed E-state index contributed by atoms with van der Waals surface area (Å²) < 4.78 is 11.6. The molecule has 2 aromatic carbocycles. The maximum Gasteiger partial charge on any atom is 0.277 e. The SMILES string of the molecule is COc1ccc(Cl)cc1NC(=O)C/C(C)=N\NC(=O)COc1ccc(Br)c(C)c1. The second kappa shape index (κ2) is 10.8. The van der Waals surface area contributed by atoms with Gasteiger partial charge in [-0.25, -0.2) is 5.43 Å². The highest BCUT2D eigenvalue weighted by Gasteiger charge is 2.10. The number of anilines is 1. The number of hydrazone groups is 1. The third kappa shape index (κ3) is 7.40. The molecule has 2 rings (SSSR count). The summed E-state index contributed by atoms with van der Waals surface area (Å²) >= 11 is 9.35. The van der Waals surface area contributed by atoms with Gasteiger partial charge in [-0.1, -0.05) is 27.5 Å². The molecule has 2 aromatic rings.